The van der Waals surface area contributed by atoms with Crippen molar-refractivity contribution in [3.8, 4) is 0 Å². The largest absolute Gasteiger partial charge is 0.364 e. The number of anilines is 1. The minimum atomic E-state index is -3.64. The Kier molecular flexibility index (Phi) is 4.06. The number of nitrogens with two attached hydrogens (primary N) is 1. The topological polar surface area (TPSA) is 85.1 Å². The second-order valence-electron chi connectivity index (χ2n) is 4.70. The number of rotatable bonds is 4. The molecule has 0 aliphatic carbocycles. The predicted molar refractivity (Wildman–Crippen MR) is 78.8 cm³/mol. The molecule has 1 aromatic heterocycles. The summed E-state index contributed by atoms with van der Waals surface area (Å²) in [5.41, 5.74) is 2.08. The van der Waals surface area contributed by atoms with E-state index in [0.717, 1.165) is 16.9 Å². The van der Waals surface area contributed by atoms with E-state index in [9.17, 15) is 8.42 Å². The van der Waals surface area contributed by atoms with E-state index in [0.29, 0.717) is 0 Å². The number of aromatic nitrogens is 1. The molecular weight excluding hydrogens is 274 g/mol. The summed E-state index contributed by atoms with van der Waals surface area (Å²) in [5.74, 6) is 0.785. The third kappa shape index (κ3) is 3.55. The molecule has 1 heterocycles. The molecule has 0 fully saturated rings. The maximum atomic E-state index is 11.2. The van der Waals surface area contributed by atoms with E-state index in [4.69, 9.17) is 5.14 Å². The van der Waals surface area contributed by atoms with Gasteiger partial charge in [0.15, 0.2) is 0 Å². The fourth-order valence-electron chi connectivity index (χ4n) is 1.87. The van der Waals surface area contributed by atoms with Gasteiger partial charge in [-0.05, 0) is 49.2 Å². The third-order valence-corrected chi connectivity index (χ3v) is 3.92. The average molecular weight is 291 g/mol. The Morgan fingerprint density at radius 1 is 1.20 bits per heavy atom. The summed E-state index contributed by atoms with van der Waals surface area (Å²) in [5, 5.41) is 8.34. The average Bonchev–Trinajstić information content (AvgIpc) is 2.38. The first-order chi connectivity index (χ1) is 9.36. The van der Waals surface area contributed by atoms with Gasteiger partial charge in [-0.2, -0.15) is 0 Å². The lowest BCUT2D eigenvalue weighted by atomic mass is 10.1. The van der Waals surface area contributed by atoms with Crippen molar-refractivity contribution in [2.24, 2.45) is 5.14 Å². The van der Waals surface area contributed by atoms with Crippen molar-refractivity contribution >= 4 is 15.8 Å². The molecule has 1 aromatic carbocycles. The highest BCUT2D eigenvalue weighted by molar-refractivity contribution is 7.89. The molecule has 106 valence electrons. The van der Waals surface area contributed by atoms with Crippen molar-refractivity contribution in [3.63, 3.8) is 0 Å². The second kappa shape index (κ2) is 5.60. The molecule has 0 radical (unpaired) electrons. The second-order valence-corrected chi connectivity index (χ2v) is 6.26. The van der Waals surface area contributed by atoms with Crippen molar-refractivity contribution in [1.29, 1.82) is 0 Å². The normalized spacial score (nSPS) is 12.9. The number of aryl methyl sites for hydroxylation is 1. The molecule has 6 heteroatoms. The van der Waals surface area contributed by atoms with Crippen molar-refractivity contribution in [2.75, 3.05) is 5.32 Å². The maximum absolute atomic E-state index is 11.2. The number of hydrogen-bond acceptors (Lipinski definition) is 4. The zero-order valence-electron chi connectivity index (χ0n) is 11.4. The van der Waals surface area contributed by atoms with E-state index in [2.05, 4.69) is 10.3 Å². The van der Waals surface area contributed by atoms with Crippen LogP contribution in [-0.4, -0.2) is 13.4 Å². The molecule has 5 nitrogen and oxygen atoms in total. The first-order valence-corrected chi connectivity index (χ1v) is 7.73. The zero-order chi connectivity index (χ0) is 14.8. The molecule has 0 aliphatic heterocycles. The smallest absolute Gasteiger partial charge is 0.238 e. The van der Waals surface area contributed by atoms with Gasteiger partial charge in [0.05, 0.1) is 4.90 Å². The highest BCUT2D eigenvalue weighted by atomic mass is 32.2. The lowest BCUT2D eigenvalue weighted by molar-refractivity contribution is 0.597. The standard InChI is InChI=1S/C14H17N3O2S/c1-10-7-8-16-14(9-10)17-11(2)12-3-5-13(6-4-12)20(15,18)19/h3-9,11H,1-2H3,(H,16,17)(H2,15,18,19)/t11-/m1/s1. The molecule has 20 heavy (non-hydrogen) atoms. The van der Waals surface area contributed by atoms with Crippen LogP contribution in [0.4, 0.5) is 5.82 Å². The molecule has 0 unspecified atom stereocenters. The van der Waals surface area contributed by atoms with E-state index in [1.165, 1.54) is 12.1 Å². The number of sulfonamides is 1. The van der Waals surface area contributed by atoms with Gasteiger partial charge < -0.3 is 5.32 Å². The van der Waals surface area contributed by atoms with Gasteiger partial charge in [-0.1, -0.05) is 12.1 Å². The lowest BCUT2D eigenvalue weighted by Crippen LogP contribution is -2.13. The molecule has 0 saturated carbocycles. The highest BCUT2D eigenvalue weighted by Gasteiger charge is 2.10. The molecule has 2 rings (SSSR count). The molecule has 2 aromatic rings. The molecule has 0 bridgehead atoms. The van der Waals surface area contributed by atoms with Crippen molar-refractivity contribution < 1.29 is 8.42 Å². The van der Waals surface area contributed by atoms with Crippen LogP contribution in [0.25, 0.3) is 0 Å². The molecular formula is C14H17N3O2S. The lowest BCUT2D eigenvalue weighted by Gasteiger charge is -2.15. The molecule has 3 N–H and O–H groups in total. The quantitative estimate of drug-likeness (QED) is 0.904. The van der Waals surface area contributed by atoms with Gasteiger partial charge in [-0.25, -0.2) is 18.5 Å². The van der Waals surface area contributed by atoms with E-state index in [-0.39, 0.29) is 10.9 Å². The summed E-state index contributed by atoms with van der Waals surface area (Å²) in [7, 11) is -3.64. The Labute approximate surface area is 118 Å². The number of benzene rings is 1. The summed E-state index contributed by atoms with van der Waals surface area (Å²) in [6, 6.07) is 10.4. The molecule has 1 atom stereocenters. The minimum absolute atomic E-state index is 0.0128. The summed E-state index contributed by atoms with van der Waals surface area (Å²) in [6.07, 6.45) is 1.74. The van der Waals surface area contributed by atoms with Crippen LogP contribution >= 0.6 is 0 Å². The van der Waals surface area contributed by atoms with Gasteiger partial charge >= 0.3 is 0 Å². The van der Waals surface area contributed by atoms with Gasteiger partial charge in [-0.15, -0.1) is 0 Å². The SMILES string of the molecule is Cc1ccnc(N[C@H](C)c2ccc(S(N)(=O)=O)cc2)c1. The van der Waals surface area contributed by atoms with Crippen LogP contribution in [-0.2, 0) is 10.0 Å². The van der Waals surface area contributed by atoms with E-state index >= 15 is 0 Å². The zero-order valence-corrected chi connectivity index (χ0v) is 12.2. The number of nitrogens with one attached hydrogen (secondary N) is 1. The van der Waals surface area contributed by atoms with Crippen LogP contribution in [0.1, 0.15) is 24.1 Å². The first kappa shape index (κ1) is 14.5. The summed E-state index contributed by atoms with van der Waals surface area (Å²) in [4.78, 5) is 4.35. The fraction of sp³-hybridized carbons (Fsp3) is 0.214. The van der Waals surface area contributed by atoms with Crippen LogP contribution in [0.15, 0.2) is 47.5 Å². The van der Waals surface area contributed by atoms with Crippen molar-refractivity contribution in [2.45, 2.75) is 24.8 Å². The maximum Gasteiger partial charge on any atom is 0.238 e. The van der Waals surface area contributed by atoms with Crippen LogP contribution in [0.5, 0.6) is 0 Å². The Morgan fingerprint density at radius 3 is 2.40 bits per heavy atom. The van der Waals surface area contributed by atoms with Gasteiger partial charge in [0, 0.05) is 12.2 Å². The monoisotopic (exact) mass is 291 g/mol. The van der Waals surface area contributed by atoms with Crippen LogP contribution in [0.2, 0.25) is 0 Å². The van der Waals surface area contributed by atoms with Gasteiger partial charge in [0.25, 0.3) is 0 Å². The first-order valence-electron chi connectivity index (χ1n) is 6.18. The fourth-order valence-corrected chi connectivity index (χ4v) is 2.38. The summed E-state index contributed by atoms with van der Waals surface area (Å²) < 4.78 is 22.4. The summed E-state index contributed by atoms with van der Waals surface area (Å²) >= 11 is 0. The number of primary sulfonamides is 1. The van der Waals surface area contributed by atoms with E-state index in [1.54, 1.807) is 18.3 Å². The summed E-state index contributed by atoms with van der Waals surface area (Å²) in [6.45, 7) is 3.98. The molecule has 0 spiro atoms. The Bertz CT molecular complexity index is 697. The predicted octanol–water partition coefficient (Wildman–Crippen LogP) is 2.21. The molecule has 0 saturated heterocycles. The van der Waals surface area contributed by atoms with Gasteiger partial charge in [0.1, 0.15) is 5.82 Å². The van der Waals surface area contributed by atoms with Crippen LogP contribution in [0.3, 0.4) is 0 Å². The number of hydrogen-bond donors (Lipinski definition) is 2. The number of nitrogens with zero attached hydrogens (tertiary/aromatic N) is 1. The minimum Gasteiger partial charge on any atom is -0.364 e. The Hall–Kier alpha value is -1.92. The Balaban J connectivity index is 2.15. The highest BCUT2D eigenvalue weighted by Crippen LogP contribution is 2.19. The molecule has 0 aliphatic rings. The van der Waals surface area contributed by atoms with Gasteiger partial charge in [-0.3, -0.25) is 0 Å². The van der Waals surface area contributed by atoms with E-state index in [1.807, 2.05) is 26.0 Å². The molecule has 0 amide bonds. The Morgan fingerprint density at radius 2 is 1.85 bits per heavy atom. The van der Waals surface area contributed by atoms with Crippen molar-refractivity contribution in [3.05, 3.63) is 53.7 Å². The third-order valence-electron chi connectivity index (χ3n) is 2.99. The van der Waals surface area contributed by atoms with Crippen molar-refractivity contribution in [1.82, 2.24) is 4.98 Å². The van der Waals surface area contributed by atoms with Crippen LogP contribution in [0, 0.1) is 6.92 Å². The number of pyridine rings is 1. The van der Waals surface area contributed by atoms with Crippen LogP contribution < -0.4 is 10.5 Å². The van der Waals surface area contributed by atoms with Gasteiger partial charge in [0.2, 0.25) is 10.0 Å². The van der Waals surface area contributed by atoms with E-state index < -0.39 is 10.0 Å².